The number of para-hydroxylation sites is 1. The number of carbonyl (C=O) groups is 2. The monoisotopic (exact) mass is 511 g/mol. The highest BCUT2D eigenvalue weighted by molar-refractivity contribution is 6.30. The van der Waals surface area contributed by atoms with E-state index in [-0.39, 0.29) is 11.8 Å². The van der Waals surface area contributed by atoms with E-state index in [0.29, 0.717) is 33.4 Å². The maximum atomic E-state index is 13.7. The second-order valence-corrected chi connectivity index (χ2v) is 9.50. The fourth-order valence-corrected chi connectivity index (χ4v) is 4.76. The molecule has 4 aromatic rings. The molecule has 0 spiro atoms. The van der Waals surface area contributed by atoms with Crippen molar-refractivity contribution in [1.29, 1.82) is 0 Å². The number of aromatic nitrogens is 2. The summed E-state index contributed by atoms with van der Waals surface area (Å²) in [5.41, 5.74) is 5.73. The number of carbonyl (C=O) groups excluding carboxylic acids is 2. The first kappa shape index (κ1) is 24.3. The van der Waals surface area contributed by atoms with E-state index >= 15 is 0 Å². The van der Waals surface area contributed by atoms with Crippen LogP contribution in [-0.4, -0.2) is 21.6 Å². The van der Waals surface area contributed by atoms with Gasteiger partial charge in [-0.1, -0.05) is 59.6 Å². The summed E-state index contributed by atoms with van der Waals surface area (Å²) in [6.07, 6.45) is 1.51. The lowest BCUT2D eigenvalue weighted by Gasteiger charge is -2.30. The first-order chi connectivity index (χ1) is 17.8. The van der Waals surface area contributed by atoms with Crippen molar-refractivity contribution in [2.24, 2.45) is 0 Å². The molecule has 8 heteroatoms. The van der Waals surface area contributed by atoms with Crippen LogP contribution in [0.25, 0.3) is 0 Å². The van der Waals surface area contributed by atoms with Crippen LogP contribution in [0.1, 0.15) is 40.0 Å². The second kappa shape index (κ2) is 9.95. The van der Waals surface area contributed by atoms with Crippen molar-refractivity contribution in [3.63, 3.8) is 0 Å². The Morgan fingerprint density at radius 3 is 2.43 bits per heavy atom. The van der Waals surface area contributed by atoms with Crippen molar-refractivity contribution in [2.45, 2.75) is 26.8 Å². The zero-order valence-corrected chi connectivity index (χ0v) is 21.4. The number of nitrogens with one attached hydrogen (secondary N) is 3. The van der Waals surface area contributed by atoms with Gasteiger partial charge in [0.2, 0.25) is 0 Å². The van der Waals surface area contributed by atoms with Gasteiger partial charge in [-0.05, 0) is 62.2 Å². The summed E-state index contributed by atoms with van der Waals surface area (Å²) < 4.78 is 1.66. The van der Waals surface area contributed by atoms with E-state index < -0.39 is 6.04 Å². The topological polar surface area (TPSA) is 88.0 Å². The van der Waals surface area contributed by atoms with Gasteiger partial charge in [0.15, 0.2) is 0 Å². The standard InChI is InChI=1S/C29H26ClN5O2/c1-17-12-13-24(18(2)14-17)34-29(37)25-19(3)32-27-23(28(36)33-22-10-5-4-6-11-22)16-31-35(27)26(25)20-8-7-9-21(30)15-20/h4-16,26,32H,1-3H3,(H,33,36)(H,34,37)/t26-/m1/s1. The van der Waals surface area contributed by atoms with Crippen molar-refractivity contribution in [3.8, 4) is 0 Å². The fraction of sp³-hybridized carbons (Fsp3) is 0.138. The van der Waals surface area contributed by atoms with E-state index in [9.17, 15) is 9.59 Å². The molecule has 0 saturated carbocycles. The highest BCUT2D eigenvalue weighted by Crippen LogP contribution is 2.38. The number of benzene rings is 3. The normalized spacial score (nSPS) is 14.5. The van der Waals surface area contributed by atoms with Gasteiger partial charge in [-0.3, -0.25) is 9.59 Å². The lowest BCUT2D eigenvalue weighted by molar-refractivity contribution is -0.113. The molecule has 0 radical (unpaired) electrons. The number of anilines is 3. The number of halogens is 1. The number of amides is 2. The SMILES string of the molecule is CC1=C(C(=O)Nc2ccc(C)cc2C)[C@@H](c2cccc(Cl)c2)n2ncc(C(=O)Nc3ccccc3)c2N1. The van der Waals surface area contributed by atoms with E-state index in [4.69, 9.17) is 11.6 Å². The minimum atomic E-state index is -0.598. The molecule has 5 rings (SSSR count). The molecule has 2 heterocycles. The molecule has 1 aliphatic heterocycles. The van der Waals surface area contributed by atoms with Crippen LogP contribution in [0.4, 0.5) is 17.2 Å². The van der Waals surface area contributed by atoms with Crippen molar-refractivity contribution in [1.82, 2.24) is 9.78 Å². The minimum absolute atomic E-state index is 0.265. The molecule has 3 aromatic carbocycles. The molecule has 1 atom stereocenters. The minimum Gasteiger partial charge on any atom is -0.343 e. The Morgan fingerprint density at radius 2 is 1.70 bits per heavy atom. The molecule has 37 heavy (non-hydrogen) atoms. The van der Waals surface area contributed by atoms with Crippen LogP contribution in [0.15, 0.2) is 90.3 Å². The Kier molecular flexibility index (Phi) is 6.54. The quantitative estimate of drug-likeness (QED) is 0.292. The van der Waals surface area contributed by atoms with Crippen LogP contribution in [0.2, 0.25) is 5.02 Å². The Bertz CT molecular complexity index is 1540. The number of allylic oxidation sites excluding steroid dienone is 1. The van der Waals surface area contributed by atoms with Crippen molar-refractivity contribution >= 4 is 40.6 Å². The Labute approximate surface area is 220 Å². The van der Waals surface area contributed by atoms with Crippen LogP contribution in [0.3, 0.4) is 0 Å². The molecule has 0 unspecified atom stereocenters. The molecule has 1 aliphatic rings. The Morgan fingerprint density at radius 1 is 0.919 bits per heavy atom. The second-order valence-electron chi connectivity index (χ2n) is 9.07. The average Bonchev–Trinajstić information content (AvgIpc) is 3.29. The number of nitrogens with zero attached hydrogens (tertiary/aromatic N) is 2. The molecule has 0 fully saturated rings. The highest BCUT2D eigenvalue weighted by atomic mass is 35.5. The van der Waals surface area contributed by atoms with Gasteiger partial charge in [0.1, 0.15) is 17.4 Å². The predicted molar refractivity (Wildman–Crippen MR) is 147 cm³/mol. The summed E-state index contributed by atoms with van der Waals surface area (Å²) in [6.45, 7) is 5.79. The molecule has 0 bridgehead atoms. The van der Waals surface area contributed by atoms with Crippen LogP contribution < -0.4 is 16.0 Å². The third-order valence-corrected chi connectivity index (χ3v) is 6.57. The van der Waals surface area contributed by atoms with Crippen LogP contribution in [0.5, 0.6) is 0 Å². The van der Waals surface area contributed by atoms with E-state index in [1.807, 2.05) is 87.5 Å². The van der Waals surface area contributed by atoms with Crippen molar-refractivity contribution in [3.05, 3.63) is 118 Å². The summed E-state index contributed by atoms with van der Waals surface area (Å²) in [6, 6.07) is 21.8. The van der Waals surface area contributed by atoms with Crippen LogP contribution in [0, 0.1) is 13.8 Å². The predicted octanol–water partition coefficient (Wildman–Crippen LogP) is 6.33. The number of aryl methyl sites for hydroxylation is 2. The van der Waals surface area contributed by atoms with Gasteiger partial charge in [-0.25, -0.2) is 4.68 Å². The highest BCUT2D eigenvalue weighted by Gasteiger charge is 2.35. The Hall–Kier alpha value is -4.36. The maximum absolute atomic E-state index is 13.7. The third kappa shape index (κ3) is 4.86. The maximum Gasteiger partial charge on any atom is 0.261 e. The number of hydrogen-bond donors (Lipinski definition) is 3. The first-order valence-corrected chi connectivity index (χ1v) is 12.3. The summed E-state index contributed by atoms with van der Waals surface area (Å²) in [7, 11) is 0. The molecule has 186 valence electrons. The van der Waals surface area contributed by atoms with E-state index in [2.05, 4.69) is 21.0 Å². The van der Waals surface area contributed by atoms with Gasteiger partial charge in [0, 0.05) is 22.1 Å². The first-order valence-electron chi connectivity index (χ1n) is 11.9. The van der Waals surface area contributed by atoms with Gasteiger partial charge >= 0.3 is 0 Å². The molecular formula is C29H26ClN5O2. The van der Waals surface area contributed by atoms with Gasteiger partial charge < -0.3 is 16.0 Å². The van der Waals surface area contributed by atoms with E-state index in [0.717, 1.165) is 22.4 Å². The van der Waals surface area contributed by atoms with Gasteiger partial charge in [-0.15, -0.1) is 0 Å². The lowest BCUT2D eigenvalue weighted by atomic mass is 9.94. The third-order valence-electron chi connectivity index (χ3n) is 6.34. The molecule has 0 aliphatic carbocycles. The number of rotatable bonds is 5. The van der Waals surface area contributed by atoms with Gasteiger partial charge in [-0.2, -0.15) is 5.10 Å². The number of hydrogen-bond acceptors (Lipinski definition) is 4. The molecule has 1 aromatic heterocycles. The fourth-order valence-electron chi connectivity index (χ4n) is 4.56. The molecular weight excluding hydrogens is 486 g/mol. The summed E-state index contributed by atoms with van der Waals surface area (Å²) in [5.74, 6) is -0.0712. The molecule has 2 amide bonds. The Balaban J connectivity index is 1.55. The van der Waals surface area contributed by atoms with Gasteiger partial charge in [0.25, 0.3) is 11.8 Å². The van der Waals surface area contributed by atoms with Crippen molar-refractivity contribution < 1.29 is 9.59 Å². The zero-order chi connectivity index (χ0) is 26.1. The number of fused-ring (bicyclic) bond motifs is 1. The lowest BCUT2D eigenvalue weighted by Crippen LogP contribution is -2.32. The zero-order valence-electron chi connectivity index (χ0n) is 20.7. The van der Waals surface area contributed by atoms with Crippen LogP contribution in [-0.2, 0) is 4.79 Å². The average molecular weight is 512 g/mol. The molecule has 0 saturated heterocycles. The van der Waals surface area contributed by atoms with E-state index in [1.165, 1.54) is 6.20 Å². The smallest absolute Gasteiger partial charge is 0.261 e. The van der Waals surface area contributed by atoms with Gasteiger partial charge in [0.05, 0.1) is 11.8 Å². The van der Waals surface area contributed by atoms with Crippen LogP contribution >= 0.6 is 11.6 Å². The molecule has 7 nitrogen and oxygen atoms in total. The van der Waals surface area contributed by atoms with E-state index in [1.54, 1.807) is 10.7 Å². The molecule has 3 N–H and O–H groups in total. The summed E-state index contributed by atoms with van der Waals surface area (Å²) in [5, 5.41) is 14.3. The van der Waals surface area contributed by atoms with Crippen molar-refractivity contribution in [2.75, 3.05) is 16.0 Å². The summed E-state index contributed by atoms with van der Waals surface area (Å²) in [4.78, 5) is 26.9. The largest absolute Gasteiger partial charge is 0.343 e. The summed E-state index contributed by atoms with van der Waals surface area (Å²) >= 11 is 6.34.